The third-order valence-electron chi connectivity index (χ3n) is 5.91. The molecule has 3 aromatic rings. The molecule has 164 valence electrons. The fourth-order valence-electron chi connectivity index (χ4n) is 4.14. The number of aliphatic hydroxyl groups is 1. The molecule has 4 heterocycles. The van der Waals surface area contributed by atoms with E-state index in [2.05, 4.69) is 30.2 Å². The van der Waals surface area contributed by atoms with Crippen LogP contribution in [0, 0.1) is 0 Å². The van der Waals surface area contributed by atoms with Crippen LogP contribution in [0.5, 0.6) is 0 Å². The van der Waals surface area contributed by atoms with Crippen LogP contribution in [0.25, 0.3) is 10.9 Å². The van der Waals surface area contributed by atoms with E-state index in [0.717, 1.165) is 42.8 Å². The Hall–Kier alpha value is -2.17. The number of aromatic nitrogens is 4. The quantitative estimate of drug-likeness (QED) is 0.608. The Kier molecular flexibility index (Phi) is 5.61. The summed E-state index contributed by atoms with van der Waals surface area (Å²) in [5.74, 6) is 0.440. The third kappa shape index (κ3) is 4.04. The summed E-state index contributed by atoms with van der Waals surface area (Å²) >= 11 is 12.8. The predicted octanol–water partition coefficient (Wildman–Crippen LogP) is 2.30. The van der Waals surface area contributed by atoms with Crippen LogP contribution in [0.15, 0.2) is 24.5 Å². The number of aryl methyl sites for hydroxylation is 1. The van der Waals surface area contributed by atoms with Gasteiger partial charge in [0, 0.05) is 44.8 Å². The Morgan fingerprint density at radius 1 is 1.13 bits per heavy atom. The Bertz CT molecular complexity index is 1100. The first-order chi connectivity index (χ1) is 15.0. The molecule has 5 rings (SSSR count). The monoisotopic (exact) mass is 463 g/mol. The Morgan fingerprint density at radius 2 is 1.94 bits per heavy atom. The van der Waals surface area contributed by atoms with Crippen LogP contribution >= 0.6 is 23.2 Å². The first kappa shape index (κ1) is 20.7. The summed E-state index contributed by atoms with van der Waals surface area (Å²) < 4.78 is 6.97. The molecule has 2 N–H and O–H groups in total. The molecule has 0 aliphatic carbocycles. The van der Waals surface area contributed by atoms with Gasteiger partial charge < -0.3 is 20.1 Å². The van der Waals surface area contributed by atoms with Gasteiger partial charge in [0.15, 0.2) is 0 Å². The third-order valence-corrected chi connectivity index (χ3v) is 6.66. The van der Waals surface area contributed by atoms with Gasteiger partial charge in [0.2, 0.25) is 5.95 Å². The number of rotatable bonds is 4. The molecule has 1 aromatic carbocycles. The fraction of sp³-hybridized carbons (Fsp3) is 0.450. The summed E-state index contributed by atoms with van der Waals surface area (Å²) in [5, 5.41) is 19.3. The van der Waals surface area contributed by atoms with Crippen molar-refractivity contribution < 1.29 is 9.84 Å². The molecule has 2 atom stereocenters. The lowest BCUT2D eigenvalue weighted by molar-refractivity contribution is 0.0785. The van der Waals surface area contributed by atoms with E-state index in [9.17, 15) is 5.11 Å². The molecule has 11 heteroatoms. The number of nitrogens with zero attached hydrogens (tertiary/aromatic N) is 6. The largest absolute Gasteiger partial charge is 0.389 e. The zero-order valence-corrected chi connectivity index (χ0v) is 18.5. The minimum Gasteiger partial charge on any atom is -0.389 e. The molecule has 2 unspecified atom stereocenters. The summed E-state index contributed by atoms with van der Waals surface area (Å²) in [5.41, 5.74) is 2.38. The molecule has 0 saturated carbocycles. The molecule has 0 amide bonds. The number of anilines is 3. The zero-order valence-electron chi connectivity index (χ0n) is 17.0. The van der Waals surface area contributed by atoms with E-state index >= 15 is 0 Å². The molecule has 31 heavy (non-hydrogen) atoms. The van der Waals surface area contributed by atoms with Crippen molar-refractivity contribution in [3.63, 3.8) is 0 Å². The maximum atomic E-state index is 10.1. The van der Waals surface area contributed by atoms with Crippen molar-refractivity contribution >= 4 is 51.4 Å². The molecule has 2 saturated heterocycles. The minimum absolute atomic E-state index is 0.0786. The van der Waals surface area contributed by atoms with Crippen molar-refractivity contribution in [1.29, 1.82) is 0 Å². The number of benzene rings is 1. The molecule has 2 aliphatic rings. The van der Waals surface area contributed by atoms with E-state index in [1.807, 2.05) is 12.1 Å². The standard InChI is InChI=1S/C20H23Cl2N7O2/c1-27-19(22)15(9-24-27)26-20-23-8-12-6-13(21)16(7-14(12)25-20)28-2-4-29(5-3-28)17-10-31-11-18(17)30/h6-9,17-18,30H,2-5,10-11H2,1H3,(H,23,25,26). The number of piperazine rings is 1. The van der Waals surface area contributed by atoms with Crippen LogP contribution in [-0.2, 0) is 11.8 Å². The van der Waals surface area contributed by atoms with Gasteiger partial charge in [-0.3, -0.25) is 9.58 Å². The van der Waals surface area contributed by atoms with Gasteiger partial charge in [0.1, 0.15) is 5.15 Å². The normalized spacial score (nSPS) is 22.4. The van der Waals surface area contributed by atoms with Gasteiger partial charge in [0.05, 0.1) is 53.5 Å². The molecule has 0 spiro atoms. The lowest BCUT2D eigenvalue weighted by atomic mass is 10.1. The van der Waals surface area contributed by atoms with Gasteiger partial charge in [-0.2, -0.15) is 5.10 Å². The minimum atomic E-state index is -0.410. The van der Waals surface area contributed by atoms with E-state index < -0.39 is 6.10 Å². The molecule has 0 bridgehead atoms. The zero-order chi connectivity index (χ0) is 21.5. The van der Waals surface area contributed by atoms with Gasteiger partial charge in [-0.25, -0.2) is 9.97 Å². The van der Waals surface area contributed by atoms with Gasteiger partial charge >= 0.3 is 0 Å². The van der Waals surface area contributed by atoms with E-state index in [0.29, 0.717) is 35.0 Å². The van der Waals surface area contributed by atoms with E-state index in [1.165, 1.54) is 0 Å². The van der Waals surface area contributed by atoms with Crippen molar-refractivity contribution in [3.05, 3.63) is 34.7 Å². The van der Waals surface area contributed by atoms with Crippen molar-refractivity contribution in [2.75, 3.05) is 49.6 Å². The molecule has 2 aliphatic heterocycles. The summed E-state index contributed by atoms with van der Waals surface area (Å²) in [6.07, 6.45) is 2.96. The van der Waals surface area contributed by atoms with E-state index in [1.54, 1.807) is 24.1 Å². The van der Waals surface area contributed by atoms with E-state index in [-0.39, 0.29) is 6.04 Å². The smallest absolute Gasteiger partial charge is 0.227 e. The van der Waals surface area contributed by atoms with Gasteiger partial charge in [-0.1, -0.05) is 23.2 Å². The Labute approximate surface area is 189 Å². The van der Waals surface area contributed by atoms with Gasteiger partial charge in [-0.15, -0.1) is 0 Å². The number of ether oxygens (including phenoxy) is 1. The Morgan fingerprint density at radius 3 is 2.61 bits per heavy atom. The first-order valence-corrected chi connectivity index (χ1v) is 10.9. The number of hydrogen-bond acceptors (Lipinski definition) is 8. The highest BCUT2D eigenvalue weighted by Crippen LogP contribution is 2.32. The molecular formula is C20H23Cl2N7O2. The average Bonchev–Trinajstić information content (AvgIpc) is 3.34. The first-order valence-electron chi connectivity index (χ1n) is 10.2. The number of aliphatic hydroxyl groups excluding tert-OH is 1. The van der Waals surface area contributed by atoms with Crippen LogP contribution in [-0.4, -0.2) is 81.3 Å². The molecule has 2 aromatic heterocycles. The molecule has 9 nitrogen and oxygen atoms in total. The number of fused-ring (bicyclic) bond motifs is 1. The lowest BCUT2D eigenvalue weighted by Gasteiger charge is -2.39. The van der Waals surface area contributed by atoms with E-state index in [4.69, 9.17) is 27.9 Å². The highest BCUT2D eigenvalue weighted by molar-refractivity contribution is 6.34. The molecular weight excluding hydrogens is 441 g/mol. The van der Waals surface area contributed by atoms with Crippen molar-refractivity contribution in [3.8, 4) is 0 Å². The lowest BCUT2D eigenvalue weighted by Crippen LogP contribution is -2.53. The second kappa shape index (κ2) is 8.40. The topological polar surface area (TPSA) is 91.6 Å². The molecule has 2 fully saturated rings. The van der Waals surface area contributed by atoms with Crippen molar-refractivity contribution in [2.24, 2.45) is 7.05 Å². The van der Waals surface area contributed by atoms with Gasteiger partial charge in [-0.05, 0) is 12.1 Å². The number of halogens is 2. The fourth-order valence-corrected chi connectivity index (χ4v) is 4.58. The van der Waals surface area contributed by atoms with Gasteiger partial charge in [0.25, 0.3) is 0 Å². The second-order valence-corrected chi connectivity index (χ2v) is 8.61. The van der Waals surface area contributed by atoms with Crippen molar-refractivity contribution in [1.82, 2.24) is 24.6 Å². The van der Waals surface area contributed by atoms with Crippen molar-refractivity contribution in [2.45, 2.75) is 12.1 Å². The Balaban J connectivity index is 1.35. The average molecular weight is 464 g/mol. The van der Waals surface area contributed by atoms with Crippen LogP contribution < -0.4 is 10.2 Å². The summed E-state index contributed by atoms with van der Waals surface area (Å²) in [7, 11) is 1.77. The summed E-state index contributed by atoms with van der Waals surface area (Å²) in [6.45, 7) is 4.32. The maximum absolute atomic E-state index is 10.1. The number of nitrogens with one attached hydrogen (secondary N) is 1. The van der Waals surface area contributed by atoms with Crippen LogP contribution in [0.3, 0.4) is 0 Å². The number of hydrogen-bond donors (Lipinski definition) is 2. The highest BCUT2D eigenvalue weighted by Gasteiger charge is 2.33. The maximum Gasteiger partial charge on any atom is 0.227 e. The molecule has 0 radical (unpaired) electrons. The predicted molar refractivity (Wildman–Crippen MR) is 120 cm³/mol. The van der Waals surface area contributed by atoms with Crippen LogP contribution in [0.4, 0.5) is 17.3 Å². The summed E-state index contributed by atoms with van der Waals surface area (Å²) in [6, 6.07) is 3.97. The van der Waals surface area contributed by atoms with Crippen LogP contribution in [0.2, 0.25) is 10.2 Å². The SMILES string of the molecule is Cn1ncc(Nc2ncc3cc(Cl)c(N4CCN(C5COCC5O)CC4)cc3n2)c1Cl. The van der Waals surface area contributed by atoms with Crippen LogP contribution in [0.1, 0.15) is 0 Å². The summed E-state index contributed by atoms with van der Waals surface area (Å²) in [4.78, 5) is 13.6. The highest BCUT2D eigenvalue weighted by atomic mass is 35.5. The second-order valence-electron chi connectivity index (χ2n) is 7.85.